The third kappa shape index (κ3) is 5.06. The van der Waals surface area contributed by atoms with Crippen molar-refractivity contribution in [1.29, 1.82) is 0 Å². The number of sulfonamides is 1. The number of nitrogens with zero attached hydrogens (tertiary/aromatic N) is 2. The Hall–Kier alpha value is -2.39. The lowest BCUT2D eigenvalue weighted by molar-refractivity contribution is 0.598. The smallest absolute Gasteiger partial charge is 0.238 e. The molecule has 0 saturated heterocycles. The van der Waals surface area contributed by atoms with E-state index in [-0.39, 0.29) is 17.3 Å². The molecule has 0 aliphatic carbocycles. The number of benzene rings is 2. The maximum Gasteiger partial charge on any atom is 0.238 e. The highest BCUT2D eigenvalue weighted by Crippen LogP contribution is 2.24. The Bertz CT molecular complexity index is 998. The van der Waals surface area contributed by atoms with E-state index in [2.05, 4.69) is 20.6 Å². The molecule has 0 aliphatic rings. The number of nitrogens with two attached hydrogens (primary N) is 1. The van der Waals surface area contributed by atoms with Gasteiger partial charge in [0, 0.05) is 11.9 Å². The van der Waals surface area contributed by atoms with E-state index in [9.17, 15) is 8.42 Å². The molecule has 1 heterocycles. The standard InChI is InChI=1S/C16H14ClN5O2S.ClH/c17-13-3-1-2-4-14(13)21-15-9-10-19-16(22-15)20-11-5-7-12(8-6-11)25(18,23)24;/h1-10H,(H2,18,23,24)(H2,19,20,21,22);1H. The van der Waals surface area contributed by atoms with Crippen LogP contribution in [0, 0.1) is 0 Å². The molecule has 26 heavy (non-hydrogen) atoms. The molecular weight excluding hydrogens is 397 g/mol. The molecule has 0 aliphatic heterocycles. The van der Waals surface area contributed by atoms with Crippen LogP contribution in [0.15, 0.2) is 65.7 Å². The Morgan fingerprint density at radius 1 is 0.962 bits per heavy atom. The summed E-state index contributed by atoms with van der Waals surface area (Å²) in [4.78, 5) is 8.51. The number of anilines is 4. The van der Waals surface area contributed by atoms with E-state index in [0.29, 0.717) is 22.5 Å². The highest BCUT2D eigenvalue weighted by Gasteiger charge is 2.07. The van der Waals surface area contributed by atoms with Crippen LogP contribution in [0.1, 0.15) is 0 Å². The van der Waals surface area contributed by atoms with Crippen molar-refractivity contribution in [2.24, 2.45) is 5.14 Å². The Labute approximate surface area is 162 Å². The predicted octanol–water partition coefficient (Wildman–Crippen LogP) is 3.69. The van der Waals surface area contributed by atoms with Crippen molar-refractivity contribution in [3.05, 3.63) is 65.8 Å². The lowest BCUT2D eigenvalue weighted by Gasteiger charge is -2.09. The van der Waals surface area contributed by atoms with Crippen molar-refractivity contribution in [2.45, 2.75) is 4.90 Å². The minimum Gasteiger partial charge on any atom is -0.339 e. The van der Waals surface area contributed by atoms with Gasteiger partial charge in [0.1, 0.15) is 5.82 Å². The number of para-hydroxylation sites is 1. The number of rotatable bonds is 5. The van der Waals surface area contributed by atoms with E-state index in [0.717, 1.165) is 5.69 Å². The maximum atomic E-state index is 11.3. The van der Waals surface area contributed by atoms with Crippen molar-refractivity contribution in [3.8, 4) is 0 Å². The minimum atomic E-state index is -3.72. The largest absolute Gasteiger partial charge is 0.339 e. The summed E-state index contributed by atoms with van der Waals surface area (Å²) in [6.45, 7) is 0. The van der Waals surface area contributed by atoms with E-state index in [1.165, 1.54) is 12.1 Å². The molecule has 0 amide bonds. The van der Waals surface area contributed by atoms with Crippen LogP contribution in [0.3, 0.4) is 0 Å². The van der Waals surface area contributed by atoms with Gasteiger partial charge in [0.15, 0.2) is 0 Å². The molecule has 0 unspecified atom stereocenters. The zero-order chi connectivity index (χ0) is 17.9. The summed E-state index contributed by atoms with van der Waals surface area (Å²) in [5.74, 6) is 0.909. The van der Waals surface area contributed by atoms with E-state index >= 15 is 0 Å². The highest BCUT2D eigenvalue weighted by atomic mass is 35.5. The molecule has 0 atom stereocenters. The van der Waals surface area contributed by atoms with Gasteiger partial charge in [-0.15, -0.1) is 12.4 Å². The summed E-state index contributed by atoms with van der Waals surface area (Å²) in [5, 5.41) is 11.8. The van der Waals surface area contributed by atoms with Crippen LogP contribution in [0.2, 0.25) is 5.02 Å². The first kappa shape index (κ1) is 19.9. The number of primary sulfonamides is 1. The zero-order valence-corrected chi connectivity index (χ0v) is 15.6. The summed E-state index contributed by atoms with van der Waals surface area (Å²) in [6.07, 6.45) is 1.59. The second-order valence-corrected chi connectivity index (χ2v) is 7.03. The van der Waals surface area contributed by atoms with Crippen molar-refractivity contribution >= 4 is 57.2 Å². The minimum absolute atomic E-state index is 0. The fourth-order valence-corrected chi connectivity index (χ4v) is 2.74. The van der Waals surface area contributed by atoms with Gasteiger partial charge in [-0.1, -0.05) is 23.7 Å². The Morgan fingerprint density at radius 2 is 1.65 bits per heavy atom. The maximum absolute atomic E-state index is 11.3. The van der Waals surface area contributed by atoms with Crippen LogP contribution < -0.4 is 15.8 Å². The zero-order valence-electron chi connectivity index (χ0n) is 13.3. The van der Waals surface area contributed by atoms with Gasteiger partial charge in [0.25, 0.3) is 0 Å². The van der Waals surface area contributed by atoms with Crippen LogP contribution in [0.25, 0.3) is 0 Å². The van der Waals surface area contributed by atoms with Crippen LogP contribution in [0.5, 0.6) is 0 Å². The molecular formula is C16H15Cl2N5O2S. The summed E-state index contributed by atoms with van der Waals surface area (Å²) in [7, 11) is -3.72. The fraction of sp³-hybridized carbons (Fsp3) is 0. The van der Waals surface area contributed by atoms with Gasteiger partial charge in [-0.2, -0.15) is 4.98 Å². The number of hydrogen-bond acceptors (Lipinski definition) is 6. The van der Waals surface area contributed by atoms with Crippen LogP contribution in [0.4, 0.5) is 23.1 Å². The first-order valence-corrected chi connectivity index (χ1v) is 9.09. The SMILES string of the molecule is Cl.NS(=O)(=O)c1ccc(Nc2nccc(Nc3ccccc3Cl)n2)cc1. The van der Waals surface area contributed by atoms with Crippen molar-refractivity contribution in [3.63, 3.8) is 0 Å². The summed E-state index contributed by atoms with van der Waals surface area (Å²) in [6, 6.07) is 15.0. The Kier molecular flexibility index (Phi) is 6.38. The topological polar surface area (TPSA) is 110 Å². The van der Waals surface area contributed by atoms with E-state index < -0.39 is 10.0 Å². The van der Waals surface area contributed by atoms with Crippen LogP contribution in [-0.4, -0.2) is 18.4 Å². The molecule has 1 aromatic heterocycles. The molecule has 136 valence electrons. The molecule has 2 aromatic carbocycles. The quantitative estimate of drug-likeness (QED) is 0.590. The van der Waals surface area contributed by atoms with Crippen molar-refractivity contribution in [1.82, 2.24) is 9.97 Å². The van der Waals surface area contributed by atoms with Gasteiger partial charge in [0.2, 0.25) is 16.0 Å². The summed E-state index contributed by atoms with van der Waals surface area (Å²) >= 11 is 6.11. The molecule has 7 nitrogen and oxygen atoms in total. The predicted molar refractivity (Wildman–Crippen MR) is 105 cm³/mol. The fourth-order valence-electron chi connectivity index (χ4n) is 2.05. The van der Waals surface area contributed by atoms with Gasteiger partial charge in [-0.3, -0.25) is 0 Å². The summed E-state index contributed by atoms with van der Waals surface area (Å²) < 4.78 is 22.5. The first-order chi connectivity index (χ1) is 11.9. The molecule has 0 spiro atoms. The van der Waals surface area contributed by atoms with Gasteiger partial charge in [-0.25, -0.2) is 18.5 Å². The Morgan fingerprint density at radius 3 is 2.31 bits per heavy atom. The molecule has 3 aromatic rings. The number of hydrogen-bond donors (Lipinski definition) is 3. The van der Waals surface area contributed by atoms with E-state index in [1.807, 2.05) is 18.2 Å². The number of aromatic nitrogens is 2. The second kappa shape index (κ2) is 8.33. The first-order valence-electron chi connectivity index (χ1n) is 7.16. The molecule has 0 radical (unpaired) electrons. The monoisotopic (exact) mass is 411 g/mol. The average molecular weight is 412 g/mol. The van der Waals surface area contributed by atoms with Crippen molar-refractivity contribution in [2.75, 3.05) is 10.6 Å². The molecule has 0 fully saturated rings. The van der Waals surface area contributed by atoms with Gasteiger partial charge in [0.05, 0.1) is 15.6 Å². The second-order valence-electron chi connectivity index (χ2n) is 5.06. The highest BCUT2D eigenvalue weighted by molar-refractivity contribution is 7.89. The number of halogens is 2. The Balaban J connectivity index is 0.00000243. The van der Waals surface area contributed by atoms with Crippen molar-refractivity contribution < 1.29 is 8.42 Å². The summed E-state index contributed by atoms with van der Waals surface area (Å²) in [5.41, 5.74) is 1.36. The third-order valence-electron chi connectivity index (χ3n) is 3.23. The molecule has 3 rings (SSSR count). The molecule has 4 N–H and O–H groups in total. The molecule has 0 saturated carbocycles. The lowest BCUT2D eigenvalue weighted by Crippen LogP contribution is -2.11. The molecule has 10 heteroatoms. The third-order valence-corrected chi connectivity index (χ3v) is 4.49. The van der Waals surface area contributed by atoms with Crippen LogP contribution >= 0.6 is 24.0 Å². The van der Waals surface area contributed by atoms with Gasteiger partial charge >= 0.3 is 0 Å². The molecule has 0 bridgehead atoms. The van der Waals surface area contributed by atoms with Gasteiger partial charge < -0.3 is 10.6 Å². The van der Waals surface area contributed by atoms with E-state index in [1.54, 1.807) is 30.5 Å². The number of nitrogens with one attached hydrogen (secondary N) is 2. The van der Waals surface area contributed by atoms with Crippen LogP contribution in [-0.2, 0) is 10.0 Å². The lowest BCUT2D eigenvalue weighted by atomic mass is 10.3. The normalized spacial score (nSPS) is 10.7. The average Bonchev–Trinajstić information content (AvgIpc) is 2.57. The van der Waals surface area contributed by atoms with E-state index in [4.69, 9.17) is 16.7 Å². The van der Waals surface area contributed by atoms with Gasteiger partial charge in [-0.05, 0) is 42.5 Å².